The molecular weight excluding hydrogens is 354 g/mol. The van der Waals surface area contributed by atoms with Crippen molar-refractivity contribution in [3.8, 4) is 5.88 Å². The molecule has 1 aromatic carbocycles. The summed E-state index contributed by atoms with van der Waals surface area (Å²) >= 11 is 0. The number of urea groups is 1. The number of amides is 2. The number of rotatable bonds is 6. The molecule has 0 saturated carbocycles. The van der Waals surface area contributed by atoms with Crippen molar-refractivity contribution in [3.63, 3.8) is 0 Å². The molecule has 0 unspecified atom stereocenters. The molecule has 27 heavy (non-hydrogen) atoms. The minimum atomic E-state index is -0.848. The Morgan fingerprint density at radius 3 is 2.89 bits per heavy atom. The summed E-state index contributed by atoms with van der Waals surface area (Å²) in [5.41, 5.74) is 1.55. The SMILES string of the molecule is COc1cc(CNC(=O)NC[C@H]2CCN(c3ccc(F)c(F)c3)C2)ccn1. The molecule has 1 fully saturated rings. The van der Waals surface area contributed by atoms with E-state index < -0.39 is 11.6 Å². The Balaban J connectivity index is 1.42. The zero-order chi connectivity index (χ0) is 19.2. The number of halogens is 2. The molecule has 2 amide bonds. The molecule has 2 N–H and O–H groups in total. The van der Waals surface area contributed by atoms with Gasteiger partial charge in [-0.2, -0.15) is 0 Å². The first-order valence-electron chi connectivity index (χ1n) is 8.76. The maximum atomic E-state index is 13.4. The van der Waals surface area contributed by atoms with Crippen LogP contribution < -0.4 is 20.3 Å². The van der Waals surface area contributed by atoms with E-state index in [1.54, 1.807) is 24.4 Å². The average molecular weight is 376 g/mol. The third kappa shape index (κ3) is 5.06. The number of hydrogen-bond donors (Lipinski definition) is 2. The largest absolute Gasteiger partial charge is 0.481 e. The van der Waals surface area contributed by atoms with Gasteiger partial charge >= 0.3 is 6.03 Å². The Morgan fingerprint density at radius 2 is 2.11 bits per heavy atom. The van der Waals surface area contributed by atoms with Gasteiger partial charge in [0.25, 0.3) is 0 Å². The second-order valence-corrected chi connectivity index (χ2v) is 6.47. The maximum absolute atomic E-state index is 13.4. The van der Waals surface area contributed by atoms with Gasteiger partial charge in [0.1, 0.15) is 0 Å². The number of anilines is 1. The lowest BCUT2D eigenvalue weighted by atomic mass is 10.1. The summed E-state index contributed by atoms with van der Waals surface area (Å²) in [4.78, 5) is 18.0. The first-order chi connectivity index (χ1) is 13.0. The van der Waals surface area contributed by atoms with Gasteiger partial charge in [0.05, 0.1) is 7.11 Å². The number of hydrogen-bond acceptors (Lipinski definition) is 4. The summed E-state index contributed by atoms with van der Waals surface area (Å²) in [6, 6.07) is 7.23. The second-order valence-electron chi connectivity index (χ2n) is 6.47. The third-order valence-electron chi connectivity index (χ3n) is 4.57. The predicted octanol–water partition coefficient (Wildman–Crippen LogP) is 2.69. The van der Waals surface area contributed by atoms with Gasteiger partial charge in [0, 0.05) is 50.2 Å². The zero-order valence-electron chi connectivity index (χ0n) is 15.0. The average Bonchev–Trinajstić information content (AvgIpc) is 3.16. The van der Waals surface area contributed by atoms with Gasteiger partial charge in [-0.15, -0.1) is 0 Å². The molecule has 0 aliphatic carbocycles. The van der Waals surface area contributed by atoms with Gasteiger partial charge in [0.2, 0.25) is 5.88 Å². The molecule has 2 heterocycles. The van der Waals surface area contributed by atoms with Crippen molar-refractivity contribution in [1.29, 1.82) is 0 Å². The molecule has 0 bridgehead atoms. The standard InChI is InChI=1S/C19H22F2N4O2/c1-27-18-8-13(4-6-22-18)10-23-19(26)24-11-14-5-7-25(12-14)15-2-3-16(20)17(21)9-15/h2-4,6,8-9,14H,5,7,10-12H2,1H3,(H2,23,24,26)/t14-/m1/s1. The normalized spacial score (nSPS) is 16.3. The minimum absolute atomic E-state index is 0.253. The number of carbonyl (C=O) groups is 1. The van der Waals surface area contributed by atoms with Crippen molar-refractivity contribution in [3.05, 3.63) is 53.7 Å². The topological polar surface area (TPSA) is 66.5 Å². The highest BCUT2D eigenvalue weighted by molar-refractivity contribution is 5.73. The summed E-state index contributed by atoms with van der Waals surface area (Å²) in [6.45, 7) is 2.32. The molecule has 0 spiro atoms. The number of methoxy groups -OCH3 is 1. The van der Waals surface area contributed by atoms with E-state index in [1.807, 2.05) is 4.90 Å². The van der Waals surface area contributed by atoms with Crippen LogP contribution in [-0.4, -0.2) is 37.8 Å². The van der Waals surface area contributed by atoms with E-state index in [9.17, 15) is 13.6 Å². The number of carbonyl (C=O) groups excluding carboxylic acids is 1. The molecule has 6 nitrogen and oxygen atoms in total. The van der Waals surface area contributed by atoms with Gasteiger partial charge in [-0.1, -0.05) is 0 Å². The first kappa shape index (κ1) is 18.9. The highest BCUT2D eigenvalue weighted by Gasteiger charge is 2.23. The molecule has 2 aromatic rings. The quantitative estimate of drug-likeness (QED) is 0.814. The van der Waals surface area contributed by atoms with E-state index >= 15 is 0 Å². The van der Waals surface area contributed by atoms with Crippen LogP contribution in [0.25, 0.3) is 0 Å². The number of ether oxygens (including phenoxy) is 1. The molecule has 0 radical (unpaired) electrons. The Labute approximate surface area is 156 Å². The molecule has 8 heteroatoms. The monoisotopic (exact) mass is 376 g/mol. The highest BCUT2D eigenvalue weighted by atomic mass is 19.2. The van der Waals surface area contributed by atoms with E-state index in [4.69, 9.17) is 4.74 Å². The van der Waals surface area contributed by atoms with Gasteiger partial charge < -0.3 is 20.3 Å². The number of aromatic nitrogens is 1. The lowest BCUT2D eigenvalue weighted by Crippen LogP contribution is -2.38. The van der Waals surface area contributed by atoms with E-state index in [1.165, 1.54) is 13.2 Å². The number of nitrogens with one attached hydrogen (secondary N) is 2. The fourth-order valence-electron chi connectivity index (χ4n) is 3.07. The van der Waals surface area contributed by atoms with Crippen LogP contribution in [-0.2, 0) is 6.54 Å². The van der Waals surface area contributed by atoms with Crippen molar-refractivity contribution < 1.29 is 18.3 Å². The van der Waals surface area contributed by atoms with E-state index in [0.717, 1.165) is 24.6 Å². The molecule has 1 saturated heterocycles. The zero-order valence-corrected chi connectivity index (χ0v) is 15.0. The Kier molecular flexibility index (Phi) is 6.05. The van der Waals surface area contributed by atoms with E-state index in [0.29, 0.717) is 31.2 Å². The molecule has 3 rings (SSSR count). The number of benzene rings is 1. The van der Waals surface area contributed by atoms with Gasteiger partial charge in [-0.25, -0.2) is 18.6 Å². The fourth-order valence-corrected chi connectivity index (χ4v) is 3.07. The van der Waals surface area contributed by atoms with Crippen molar-refractivity contribution in [2.45, 2.75) is 13.0 Å². The summed E-state index contributed by atoms with van der Waals surface area (Å²) in [5.74, 6) is -0.941. The molecule has 1 aliphatic heterocycles. The summed E-state index contributed by atoms with van der Waals surface area (Å²) in [5, 5.41) is 5.65. The number of nitrogens with zero attached hydrogens (tertiary/aromatic N) is 2. The van der Waals surface area contributed by atoms with Crippen molar-refractivity contribution in [2.75, 3.05) is 31.6 Å². The second kappa shape index (κ2) is 8.66. The van der Waals surface area contributed by atoms with Crippen LogP contribution in [0.15, 0.2) is 36.5 Å². The van der Waals surface area contributed by atoms with Crippen LogP contribution in [0.3, 0.4) is 0 Å². The Morgan fingerprint density at radius 1 is 1.26 bits per heavy atom. The van der Waals surface area contributed by atoms with Gasteiger partial charge in [-0.3, -0.25) is 0 Å². The van der Waals surface area contributed by atoms with Gasteiger partial charge in [0.15, 0.2) is 11.6 Å². The van der Waals surface area contributed by atoms with Crippen LogP contribution in [0.2, 0.25) is 0 Å². The summed E-state index contributed by atoms with van der Waals surface area (Å²) < 4.78 is 31.5. The fraction of sp³-hybridized carbons (Fsp3) is 0.368. The van der Waals surface area contributed by atoms with Crippen LogP contribution in [0.4, 0.5) is 19.3 Å². The molecule has 1 aliphatic rings. The van der Waals surface area contributed by atoms with E-state index in [2.05, 4.69) is 15.6 Å². The van der Waals surface area contributed by atoms with Crippen molar-refractivity contribution in [1.82, 2.24) is 15.6 Å². The van der Waals surface area contributed by atoms with Crippen LogP contribution in [0.5, 0.6) is 5.88 Å². The molecule has 144 valence electrons. The minimum Gasteiger partial charge on any atom is -0.481 e. The molecular formula is C19H22F2N4O2. The highest BCUT2D eigenvalue weighted by Crippen LogP contribution is 2.24. The van der Waals surface area contributed by atoms with Crippen LogP contribution in [0.1, 0.15) is 12.0 Å². The molecule has 1 aromatic heterocycles. The van der Waals surface area contributed by atoms with Crippen LogP contribution >= 0.6 is 0 Å². The lowest BCUT2D eigenvalue weighted by Gasteiger charge is -2.19. The summed E-state index contributed by atoms with van der Waals surface area (Å²) in [6.07, 6.45) is 2.50. The number of pyridine rings is 1. The Hall–Kier alpha value is -2.90. The molecule has 1 atom stereocenters. The first-order valence-corrected chi connectivity index (χ1v) is 8.76. The smallest absolute Gasteiger partial charge is 0.315 e. The van der Waals surface area contributed by atoms with Crippen molar-refractivity contribution >= 4 is 11.7 Å². The van der Waals surface area contributed by atoms with Crippen LogP contribution in [0, 0.1) is 17.6 Å². The predicted molar refractivity (Wildman–Crippen MR) is 97.7 cm³/mol. The third-order valence-corrected chi connectivity index (χ3v) is 4.57. The lowest BCUT2D eigenvalue weighted by molar-refractivity contribution is 0.239. The van der Waals surface area contributed by atoms with Crippen molar-refractivity contribution in [2.24, 2.45) is 5.92 Å². The van der Waals surface area contributed by atoms with Gasteiger partial charge in [-0.05, 0) is 36.1 Å². The Bertz CT molecular complexity index is 803. The van der Waals surface area contributed by atoms with E-state index in [-0.39, 0.29) is 11.9 Å². The summed E-state index contributed by atoms with van der Waals surface area (Å²) in [7, 11) is 1.54. The maximum Gasteiger partial charge on any atom is 0.315 e.